The predicted octanol–water partition coefficient (Wildman–Crippen LogP) is 3.06. The number of carbonyl (C=O) groups is 2. The molecule has 0 radical (unpaired) electrons. The maximum atomic E-state index is 13.8. The van der Waals surface area contributed by atoms with Gasteiger partial charge in [-0.3, -0.25) is 9.59 Å². The van der Waals surface area contributed by atoms with E-state index in [4.69, 9.17) is 0 Å². The number of carbonyl (C=O) groups excluding carboxylic acids is 2. The van der Waals surface area contributed by atoms with Gasteiger partial charge in [-0.25, -0.2) is 4.98 Å². The number of halogens is 3. The van der Waals surface area contributed by atoms with Crippen molar-refractivity contribution in [1.82, 2.24) is 19.4 Å². The zero-order valence-electron chi connectivity index (χ0n) is 18.4. The van der Waals surface area contributed by atoms with Crippen molar-refractivity contribution >= 4 is 22.8 Å². The third kappa shape index (κ3) is 4.09. The van der Waals surface area contributed by atoms with Gasteiger partial charge in [0, 0.05) is 26.2 Å². The molecule has 2 aliphatic carbocycles. The largest absolute Gasteiger partial charge is 0.418 e. The van der Waals surface area contributed by atoms with Gasteiger partial charge in [-0.15, -0.1) is 0 Å². The Balaban J connectivity index is 1.40. The highest BCUT2D eigenvalue weighted by atomic mass is 19.4. The quantitative estimate of drug-likeness (QED) is 0.758. The van der Waals surface area contributed by atoms with Crippen molar-refractivity contribution in [2.75, 3.05) is 19.6 Å². The molecule has 3 fully saturated rings. The van der Waals surface area contributed by atoms with Crippen molar-refractivity contribution in [2.24, 2.45) is 7.05 Å². The zero-order valence-corrected chi connectivity index (χ0v) is 18.4. The number of amides is 2. The summed E-state index contributed by atoms with van der Waals surface area (Å²) in [7, 11) is 1.42. The van der Waals surface area contributed by atoms with Gasteiger partial charge in [0.2, 0.25) is 5.91 Å². The number of aliphatic hydroxyl groups excluding tert-OH is 1. The molecule has 0 spiro atoms. The highest BCUT2D eigenvalue weighted by Crippen LogP contribution is 2.44. The molecular formula is C23H27F3N4O3. The first-order valence-electron chi connectivity index (χ1n) is 11.5. The van der Waals surface area contributed by atoms with E-state index in [0.29, 0.717) is 31.5 Å². The summed E-state index contributed by atoms with van der Waals surface area (Å²) in [6.45, 7) is 0.543. The number of aromatic nitrogens is 2. The maximum Gasteiger partial charge on any atom is 0.418 e. The molecule has 1 aromatic carbocycles. The van der Waals surface area contributed by atoms with E-state index >= 15 is 0 Å². The first kappa shape index (κ1) is 22.2. The molecule has 2 heterocycles. The molecular weight excluding hydrogens is 437 g/mol. The zero-order chi connectivity index (χ0) is 23.5. The molecule has 5 rings (SSSR count). The number of benzene rings is 1. The van der Waals surface area contributed by atoms with Crippen molar-refractivity contribution in [3.05, 3.63) is 29.1 Å². The Morgan fingerprint density at radius 1 is 1.09 bits per heavy atom. The topological polar surface area (TPSA) is 78.7 Å². The monoisotopic (exact) mass is 464 g/mol. The molecule has 2 amide bonds. The number of hydrogen-bond acceptors (Lipinski definition) is 4. The number of fused-ring (bicyclic) bond motifs is 1. The third-order valence-electron chi connectivity index (χ3n) is 7.19. The number of rotatable bonds is 3. The number of piperazine rings is 1. The van der Waals surface area contributed by atoms with Crippen LogP contribution in [0.15, 0.2) is 12.1 Å². The minimum absolute atomic E-state index is 0.0593. The molecule has 1 saturated heterocycles. The number of aliphatic hydroxyl groups is 1. The molecule has 10 heteroatoms. The normalized spacial score (nSPS) is 24.6. The lowest BCUT2D eigenvalue weighted by atomic mass is 9.91. The average Bonchev–Trinajstić information content (AvgIpc) is 3.57. The first-order valence-corrected chi connectivity index (χ1v) is 11.5. The average molecular weight is 464 g/mol. The third-order valence-corrected chi connectivity index (χ3v) is 7.19. The second-order valence-electron chi connectivity index (χ2n) is 9.48. The van der Waals surface area contributed by atoms with E-state index < -0.39 is 17.6 Å². The number of aryl methyl sites for hydroxylation is 1. The Morgan fingerprint density at radius 2 is 1.79 bits per heavy atom. The number of nitrogens with zero attached hydrogens (tertiary/aromatic N) is 4. The van der Waals surface area contributed by atoms with Crippen LogP contribution < -0.4 is 0 Å². The fraction of sp³-hybridized carbons (Fsp3) is 0.609. The fourth-order valence-electron chi connectivity index (χ4n) is 5.19. The van der Waals surface area contributed by atoms with E-state index in [9.17, 15) is 27.9 Å². The number of imidazole rings is 1. The molecule has 2 saturated carbocycles. The van der Waals surface area contributed by atoms with Crippen molar-refractivity contribution in [3.8, 4) is 0 Å². The lowest BCUT2D eigenvalue weighted by Crippen LogP contribution is -2.56. The smallest absolute Gasteiger partial charge is 0.393 e. The van der Waals surface area contributed by atoms with Crippen LogP contribution in [0.2, 0.25) is 0 Å². The highest BCUT2D eigenvalue weighted by Gasteiger charge is 2.39. The Labute approximate surface area is 189 Å². The molecule has 2 aromatic rings. The minimum atomic E-state index is -4.56. The Bertz CT molecular complexity index is 1100. The van der Waals surface area contributed by atoms with Crippen molar-refractivity contribution < 1.29 is 27.9 Å². The lowest BCUT2D eigenvalue weighted by molar-refractivity contribution is -0.139. The van der Waals surface area contributed by atoms with Gasteiger partial charge >= 0.3 is 6.18 Å². The Morgan fingerprint density at radius 3 is 2.39 bits per heavy atom. The second-order valence-corrected chi connectivity index (χ2v) is 9.48. The molecule has 3 aliphatic rings. The van der Waals surface area contributed by atoms with E-state index in [2.05, 4.69) is 4.98 Å². The summed E-state index contributed by atoms with van der Waals surface area (Å²) in [5.41, 5.74) is -0.131. The summed E-state index contributed by atoms with van der Waals surface area (Å²) in [5, 5.41) is 9.70. The van der Waals surface area contributed by atoms with Crippen LogP contribution in [0, 0.1) is 0 Å². The van der Waals surface area contributed by atoms with Gasteiger partial charge in [0.25, 0.3) is 5.91 Å². The van der Waals surface area contributed by atoms with E-state index in [1.165, 1.54) is 22.6 Å². The number of hydrogen-bond donors (Lipinski definition) is 1. The van der Waals surface area contributed by atoms with Crippen molar-refractivity contribution in [1.29, 1.82) is 0 Å². The molecule has 0 atom stereocenters. The van der Waals surface area contributed by atoms with E-state index in [1.54, 1.807) is 11.0 Å². The SMILES string of the molecule is Cn1c(C(=O)N2CCN(C3CCC(O)CC3)C(=O)C2)nc2cc(C3CC3)cc(C(F)(F)F)c21. The molecule has 178 valence electrons. The first-order chi connectivity index (χ1) is 15.6. The summed E-state index contributed by atoms with van der Waals surface area (Å²) in [6.07, 6.45) is -0.403. The van der Waals surface area contributed by atoms with Gasteiger partial charge in [-0.2, -0.15) is 13.2 Å². The Kier molecular flexibility index (Phi) is 5.38. The van der Waals surface area contributed by atoms with Crippen LogP contribution in [-0.2, 0) is 18.0 Å². The van der Waals surface area contributed by atoms with Crippen LogP contribution in [0.5, 0.6) is 0 Å². The van der Waals surface area contributed by atoms with Gasteiger partial charge in [0.1, 0.15) is 6.54 Å². The molecule has 1 N–H and O–H groups in total. The molecule has 1 aromatic heterocycles. The molecule has 0 unspecified atom stereocenters. The predicted molar refractivity (Wildman–Crippen MR) is 114 cm³/mol. The van der Waals surface area contributed by atoms with Gasteiger partial charge in [-0.05, 0) is 62.1 Å². The molecule has 33 heavy (non-hydrogen) atoms. The molecule has 7 nitrogen and oxygen atoms in total. The second kappa shape index (κ2) is 8.00. The van der Waals surface area contributed by atoms with Gasteiger partial charge in [-0.1, -0.05) is 0 Å². The lowest BCUT2D eigenvalue weighted by Gasteiger charge is -2.41. The van der Waals surface area contributed by atoms with Crippen molar-refractivity contribution in [2.45, 2.75) is 62.8 Å². The summed E-state index contributed by atoms with van der Waals surface area (Å²) in [6, 6.07) is 2.89. The molecule has 0 bridgehead atoms. The van der Waals surface area contributed by atoms with E-state index in [-0.39, 0.29) is 47.4 Å². The highest BCUT2D eigenvalue weighted by molar-refractivity contribution is 5.98. The van der Waals surface area contributed by atoms with Crippen LogP contribution >= 0.6 is 0 Å². The number of alkyl halides is 3. The summed E-state index contributed by atoms with van der Waals surface area (Å²) in [5.74, 6) is -0.697. The minimum Gasteiger partial charge on any atom is -0.393 e. The van der Waals surface area contributed by atoms with Gasteiger partial charge in [0.05, 0.1) is 22.7 Å². The van der Waals surface area contributed by atoms with Crippen LogP contribution in [0.3, 0.4) is 0 Å². The van der Waals surface area contributed by atoms with E-state index in [0.717, 1.165) is 25.7 Å². The van der Waals surface area contributed by atoms with Crippen LogP contribution in [0.4, 0.5) is 13.2 Å². The van der Waals surface area contributed by atoms with Gasteiger partial charge < -0.3 is 19.5 Å². The standard InChI is InChI=1S/C23H27F3N4O3/c1-28-20-17(23(24,25)26)10-14(13-2-3-13)11-18(20)27-21(28)22(33)29-8-9-30(19(32)12-29)15-4-6-16(31)7-5-15/h10-11,13,15-16,31H,2-9,12H2,1H3. The summed E-state index contributed by atoms with van der Waals surface area (Å²) in [4.78, 5) is 33.4. The maximum absolute atomic E-state index is 13.8. The van der Waals surface area contributed by atoms with Crippen LogP contribution in [0.1, 0.15) is 66.2 Å². The van der Waals surface area contributed by atoms with Crippen LogP contribution in [0.25, 0.3) is 11.0 Å². The van der Waals surface area contributed by atoms with Gasteiger partial charge in [0.15, 0.2) is 5.82 Å². The summed E-state index contributed by atoms with van der Waals surface area (Å²) < 4.78 is 42.7. The summed E-state index contributed by atoms with van der Waals surface area (Å²) >= 11 is 0. The molecule has 1 aliphatic heterocycles. The van der Waals surface area contributed by atoms with Crippen LogP contribution in [-0.4, -0.2) is 68.1 Å². The fourth-order valence-corrected chi connectivity index (χ4v) is 5.19. The van der Waals surface area contributed by atoms with Crippen molar-refractivity contribution in [3.63, 3.8) is 0 Å². The Hall–Kier alpha value is -2.62. The van der Waals surface area contributed by atoms with E-state index in [1.807, 2.05) is 0 Å².